The molecule has 16 heavy (non-hydrogen) atoms. The molecule has 1 aliphatic carbocycles. The molecule has 88 valence electrons. The molecule has 0 radical (unpaired) electrons. The van der Waals surface area contributed by atoms with Crippen molar-refractivity contribution in [3.63, 3.8) is 0 Å². The quantitative estimate of drug-likeness (QED) is 0.839. The molecule has 1 saturated carbocycles. The second-order valence-corrected chi connectivity index (χ2v) is 5.26. The summed E-state index contributed by atoms with van der Waals surface area (Å²) in [5.74, 6) is 0.924. The molecule has 2 rings (SSSR count). The van der Waals surface area contributed by atoms with Crippen molar-refractivity contribution < 1.29 is 4.42 Å². The van der Waals surface area contributed by atoms with Gasteiger partial charge < -0.3 is 9.73 Å². The van der Waals surface area contributed by atoms with Crippen molar-refractivity contribution in [2.45, 2.75) is 39.2 Å². The van der Waals surface area contributed by atoms with E-state index < -0.39 is 0 Å². The van der Waals surface area contributed by atoms with E-state index in [1.807, 2.05) is 18.2 Å². The Balaban J connectivity index is 1.76. The topological polar surface area (TPSA) is 25.2 Å². The highest BCUT2D eigenvalue weighted by Crippen LogP contribution is 2.36. The van der Waals surface area contributed by atoms with Crippen LogP contribution in [0.5, 0.6) is 0 Å². The lowest BCUT2D eigenvalue weighted by Gasteiger charge is -2.27. The van der Waals surface area contributed by atoms with Gasteiger partial charge in [0, 0.05) is 12.6 Å². The maximum absolute atomic E-state index is 5.23. The minimum Gasteiger partial charge on any atom is -0.465 e. The molecule has 1 fully saturated rings. The van der Waals surface area contributed by atoms with E-state index in [2.05, 4.69) is 25.2 Å². The Morgan fingerprint density at radius 3 is 3.06 bits per heavy atom. The molecule has 1 aromatic heterocycles. The minimum absolute atomic E-state index is 0.457. The van der Waals surface area contributed by atoms with Gasteiger partial charge in [-0.3, -0.25) is 0 Å². The van der Waals surface area contributed by atoms with Gasteiger partial charge in [0.05, 0.1) is 6.26 Å². The second-order valence-electron chi connectivity index (χ2n) is 5.26. The van der Waals surface area contributed by atoms with Gasteiger partial charge in [0.25, 0.3) is 0 Å². The summed E-state index contributed by atoms with van der Waals surface area (Å²) in [4.78, 5) is 0. The molecule has 0 aliphatic heterocycles. The third-order valence-electron chi connectivity index (χ3n) is 3.56. The predicted molar refractivity (Wildman–Crippen MR) is 67.2 cm³/mol. The lowest BCUT2D eigenvalue weighted by molar-refractivity contribution is 0.291. The summed E-state index contributed by atoms with van der Waals surface area (Å²) in [5.41, 5.74) is 0.457. The number of furan rings is 1. The lowest BCUT2D eigenvalue weighted by Crippen LogP contribution is -2.37. The van der Waals surface area contributed by atoms with Crippen molar-refractivity contribution in [1.82, 2.24) is 5.32 Å². The summed E-state index contributed by atoms with van der Waals surface area (Å²) < 4.78 is 5.23. The Kier molecular flexibility index (Phi) is 3.49. The molecular formula is C14H21NO. The zero-order valence-electron chi connectivity index (χ0n) is 10.2. The fraction of sp³-hybridized carbons (Fsp3) is 0.571. The van der Waals surface area contributed by atoms with E-state index in [1.165, 1.54) is 19.3 Å². The lowest BCUT2D eigenvalue weighted by atomic mass is 9.87. The Labute approximate surface area is 97.7 Å². The highest BCUT2D eigenvalue weighted by atomic mass is 16.3. The molecular weight excluding hydrogens is 198 g/mol. The number of rotatable bonds is 4. The van der Waals surface area contributed by atoms with Crippen LogP contribution in [0.2, 0.25) is 0 Å². The monoisotopic (exact) mass is 219 g/mol. The molecule has 1 heterocycles. The Morgan fingerprint density at radius 1 is 1.56 bits per heavy atom. The van der Waals surface area contributed by atoms with Gasteiger partial charge in [0.2, 0.25) is 0 Å². The summed E-state index contributed by atoms with van der Waals surface area (Å²) >= 11 is 0. The van der Waals surface area contributed by atoms with Crippen molar-refractivity contribution in [3.8, 4) is 0 Å². The number of hydrogen-bond donors (Lipinski definition) is 1. The summed E-state index contributed by atoms with van der Waals surface area (Å²) in [6, 6.07) is 4.54. The van der Waals surface area contributed by atoms with E-state index in [0.29, 0.717) is 11.5 Å². The van der Waals surface area contributed by atoms with Crippen molar-refractivity contribution in [3.05, 3.63) is 30.2 Å². The number of hydrogen-bond acceptors (Lipinski definition) is 2. The number of nitrogens with one attached hydrogen (secondary N) is 1. The third kappa shape index (κ3) is 2.76. The van der Waals surface area contributed by atoms with Crippen molar-refractivity contribution >= 4 is 6.08 Å². The first-order valence-corrected chi connectivity index (χ1v) is 6.12. The molecule has 0 spiro atoms. The first-order valence-electron chi connectivity index (χ1n) is 6.12. The molecule has 1 aliphatic rings. The van der Waals surface area contributed by atoms with E-state index >= 15 is 0 Å². The zero-order valence-corrected chi connectivity index (χ0v) is 10.2. The highest BCUT2D eigenvalue weighted by Gasteiger charge is 2.33. The normalized spacial score (nSPS) is 24.2. The molecule has 0 bridgehead atoms. The van der Waals surface area contributed by atoms with Crippen LogP contribution in [0.15, 0.2) is 28.9 Å². The van der Waals surface area contributed by atoms with Gasteiger partial charge in [0.15, 0.2) is 0 Å². The van der Waals surface area contributed by atoms with E-state index in [4.69, 9.17) is 4.42 Å². The molecule has 1 aromatic rings. The fourth-order valence-electron chi connectivity index (χ4n) is 2.48. The van der Waals surface area contributed by atoms with Gasteiger partial charge in [0.1, 0.15) is 5.76 Å². The maximum atomic E-state index is 5.23. The predicted octanol–water partition coefficient (Wildman–Crippen LogP) is 3.46. The van der Waals surface area contributed by atoms with Crippen LogP contribution in [0.3, 0.4) is 0 Å². The van der Waals surface area contributed by atoms with Crippen LogP contribution >= 0.6 is 0 Å². The fourth-order valence-corrected chi connectivity index (χ4v) is 2.48. The minimum atomic E-state index is 0.457. The largest absolute Gasteiger partial charge is 0.465 e. The van der Waals surface area contributed by atoms with Crippen molar-refractivity contribution in [1.29, 1.82) is 0 Å². The van der Waals surface area contributed by atoms with Gasteiger partial charge >= 0.3 is 0 Å². The Bertz CT molecular complexity index is 338. The van der Waals surface area contributed by atoms with E-state index in [0.717, 1.165) is 12.3 Å². The average molecular weight is 219 g/mol. The summed E-state index contributed by atoms with van der Waals surface area (Å²) in [7, 11) is 0. The SMILES string of the molecule is CC1(C)CCCC1NC/C=C/c1ccco1. The standard InChI is InChI=1S/C14H21NO/c1-14(2)9-3-8-13(14)15-10-4-6-12-7-5-11-16-12/h4-7,11,13,15H,3,8-10H2,1-2H3/b6-4+. The smallest absolute Gasteiger partial charge is 0.126 e. The molecule has 1 atom stereocenters. The van der Waals surface area contributed by atoms with Crippen LogP contribution in [0, 0.1) is 5.41 Å². The summed E-state index contributed by atoms with van der Waals surface area (Å²) in [5, 5.41) is 3.61. The molecule has 1 N–H and O–H groups in total. The molecule has 0 aromatic carbocycles. The molecule has 2 heteroatoms. The van der Waals surface area contributed by atoms with Crippen LogP contribution in [0.4, 0.5) is 0 Å². The van der Waals surface area contributed by atoms with Crippen LogP contribution in [-0.2, 0) is 0 Å². The van der Waals surface area contributed by atoms with Gasteiger partial charge in [-0.25, -0.2) is 0 Å². The van der Waals surface area contributed by atoms with Crippen LogP contribution in [0.25, 0.3) is 6.08 Å². The van der Waals surface area contributed by atoms with E-state index in [1.54, 1.807) is 6.26 Å². The summed E-state index contributed by atoms with van der Waals surface area (Å²) in [6.07, 6.45) is 9.86. The van der Waals surface area contributed by atoms with Gasteiger partial charge in [-0.1, -0.05) is 26.3 Å². The van der Waals surface area contributed by atoms with E-state index in [-0.39, 0.29) is 0 Å². The third-order valence-corrected chi connectivity index (χ3v) is 3.56. The molecule has 0 amide bonds. The van der Waals surface area contributed by atoms with E-state index in [9.17, 15) is 0 Å². The molecule has 1 unspecified atom stereocenters. The maximum Gasteiger partial charge on any atom is 0.126 e. The Morgan fingerprint density at radius 2 is 2.44 bits per heavy atom. The van der Waals surface area contributed by atoms with Crippen LogP contribution in [-0.4, -0.2) is 12.6 Å². The van der Waals surface area contributed by atoms with Gasteiger partial charge in [-0.05, 0) is 36.5 Å². The molecule has 0 saturated heterocycles. The first-order chi connectivity index (χ1) is 7.68. The Hall–Kier alpha value is -1.02. The zero-order chi connectivity index (χ0) is 11.4. The summed E-state index contributed by atoms with van der Waals surface area (Å²) in [6.45, 7) is 5.64. The van der Waals surface area contributed by atoms with Crippen LogP contribution < -0.4 is 5.32 Å². The van der Waals surface area contributed by atoms with Crippen LogP contribution in [0.1, 0.15) is 38.9 Å². The van der Waals surface area contributed by atoms with Crippen molar-refractivity contribution in [2.75, 3.05) is 6.54 Å². The average Bonchev–Trinajstić information content (AvgIpc) is 2.83. The van der Waals surface area contributed by atoms with Gasteiger partial charge in [-0.2, -0.15) is 0 Å². The molecule has 2 nitrogen and oxygen atoms in total. The highest BCUT2D eigenvalue weighted by molar-refractivity contribution is 5.42. The van der Waals surface area contributed by atoms with Gasteiger partial charge in [-0.15, -0.1) is 0 Å². The second kappa shape index (κ2) is 4.88. The van der Waals surface area contributed by atoms with Crippen molar-refractivity contribution in [2.24, 2.45) is 5.41 Å². The first kappa shape index (κ1) is 11.5.